The molecule has 0 atom stereocenters. The van der Waals surface area contributed by atoms with Crippen molar-refractivity contribution < 1.29 is 14.5 Å². The Bertz CT molecular complexity index is 194. The highest BCUT2D eigenvalue weighted by Gasteiger charge is 2.12. The molecule has 1 heterocycles. The Hall–Kier alpha value is -1.40. The Morgan fingerprint density at radius 3 is 2.64 bits per heavy atom. The standard InChI is InChI=1S/H10N9O2/c1-9(2,3)11-7-8-5-4-6-10-8/h4-7H,1-3H2/q+1. The second-order valence-corrected chi connectivity index (χ2v) is 1.67. The van der Waals surface area contributed by atoms with Crippen LogP contribution in [0.2, 0.25) is 0 Å². The Labute approximate surface area is 59.6 Å². The van der Waals surface area contributed by atoms with E-state index in [1.807, 2.05) is 0 Å². The Morgan fingerprint density at radius 1 is 1.45 bits per heavy atom. The van der Waals surface area contributed by atoms with E-state index in [4.69, 9.17) is 17.5 Å². The number of H-pyrrole nitrogens is 3. The van der Waals surface area contributed by atoms with E-state index in [9.17, 15) is 0 Å². The zero-order valence-corrected chi connectivity index (χ0v) is 5.44. The van der Waals surface area contributed by atoms with Crippen molar-refractivity contribution in [3.8, 4) is 0 Å². The summed E-state index contributed by atoms with van der Waals surface area (Å²) in [7, 11) is 0. The molecule has 10 N–H and O–H groups in total. The first-order valence-corrected chi connectivity index (χ1v) is 2.50. The molecule has 0 bridgehead atoms. The number of aromatic nitrogens is 4. The molecule has 11 heavy (non-hydrogen) atoms. The van der Waals surface area contributed by atoms with Gasteiger partial charge in [0.05, 0.1) is 4.97 Å². The molecule has 0 saturated carbocycles. The molecule has 0 unspecified atom stereocenters. The van der Waals surface area contributed by atoms with Gasteiger partial charge >= 0.3 is 0 Å². The molecule has 0 aliphatic rings. The summed E-state index contributed by atoms with van der Waals surface area (Å²) in [5, 5.41) is 6.91. The quantitative estimate of drug-likeness (QED) is 0.144. The van der Waals surface area contributed by atoms with Crippen LogP contribution in [0.15, 0.2) is 4.63 Å². The zero-order valence-electron chi connectivity index (χ0n) is 5.44. The minimum Gasteiger partial charge on any atom is -0.236 e. The first kappa shape index (κ1) is 7.70. The smallest absolute Gasteiger partial charge is 0.0624 e. The molecule has 11 nitrogen and oxygen atoms in total. The number of aromatic amines is 3. The zero-order chi connectivity index (χ0) is 8.32. The lowest BCUT2D eigenvalue weighted by atomic mass is 12.1. The molecule has 1 rings (SSSR count). The van der Waals surface area contributed by atoms with Gasteiger partial charge in [0.1, 0.15) is 0 Å². The molecular weight excluding hydrogens is 158 g/mol. The van der Waals surface area contributed by atoms with Gasteiger partial charge in [-0.05, 0) is 0 Å². The van der Waals surface area contributed by atoms with Crippen molar-refractivity contribution in [2.45, 2.75) is 0 Å². The minimum absolute atomic E-state index is 0.888. The van der Waals surface area contributed by atoms with Gasteiger partial charge in [-0.15, -0.1) is 22.8 Å². The predicted octanol–water partition coefficient (Wildman–Crippen LogP) is -2.98. The van der Waals surface area contributed by atoms with Crippen LogP contribution in [0, 0.1) is 0 Å². The highest BCUT2D eigenvalue weighted by atomic mass is 16.9. The fourth-order valence-corrected chi connectivity index (χ4v) is 0.314. The van der Waals surface area contributed by atoms with E-state index in [0.29, 0.717) is 0 Å². The molecule has 0 amide bonds. The van der Waals surface area contributed by atoms with Crippen LogP contribution < -0.4 is 23.1 Å². The number of nitrogens with two attached hydrogens (primary N) is 3. The molecule has 0 aromatic carbocycles. The van der Waals surface area contributed by atoms with Gasteiger partial charge in [-0.3, -0.25) is 0 Å². The van der Waals surface area contributed by atoms with E-state index in [0.717, 1.165) is 4.96 Å². The van der Waals surface area contributed by atoms with E-state index in [1.54, 1.807) is 0 Å². The number of nitrogens with zero attached hydrogens (tertiary/aromatic N) is 2. The summed E-state index contributed by atoms with van der Waals surface area (Å²) in [5.41, 5.74) is 2.09. The minimum atomic E-state index is -1.19. The molecule has 0 spiro atoms. The largest absolute Gasteiger partial charge is 0.236 e. The lowest BCUT2D eigenvalue weighted by Gasteiger charge is -2.14. The van der Waals surface area contributed by atoms with Gasteiger partial charge in [0.15, 0.2) is 0 Å². The highest BCUT2D eigenvalue weighted by molar-refractivity contribution is 4.18. The fraction of sp³-hybridized carbons (Fsp3) is 0. The van der Waals surface area contributed by atoms with Crippen molar-refractivity contribution in [3.63, 3.8) is 0 Å². The average Bonchev–Trinajstić information content (AvgIpc) is 2.32. The van der Waals surface area contributed by atoms with Gasteiger partial charge in [-0.1, -0.05) is 5.59 Å². The van der Waals surface area contributed by atoms with Gasteiger partial charge in [-0.2, -0.15) is 10.4 Å². The Morgan fingerprint density at radius 2 is 2.18 bits per heavy atom. The summed E-state index contributed by atoms with van der Waals surface area (Å²) in [6.45, 7) is 0. The number of nitrogens with one attached hydrogen (secondary N) is 4. The van der Waals surface area contributed by atoms with Crippen molar-refractivity contribution in [1.29, 1.82) is 0 Å². The van der Waals surface area contributed by atoms with Gasteiger partial charge < -0.3 is 0 Å². The molecule has 1 aromatic rings. The van der Waals surface area contributed by atoms with Crippen LogP contribution >= 0.6 is 0 Å². The molecule has 0 aliphatic heterocycles. The van der Waals surface area contributed by atoms with Gasteiger partial charge in [-0.25, -0.2) is 4.63 Å². The lowest BCUT2D eigenvalue weighted by Crippen LogP contribution is -2.67. The molecule has 0 saturated heterocycles. The topological polar surface area (TPSA) is 165 Å². The van der Waals surface area contributed by atoms with Crippen molar-refractivity contribution in [2.75, 3.05) is 5.59 Å². The van der Waals surface area contributed by atoms with Crippen LogP contribution in [-0.4, -0.2) is 25.6 Å². The van der Waals surface area contributed by atoms with Gasteiger partial charge in [0, 0.05) is 9.90 Å². The van der Waals surface area contributed by atoms with E-state index < -0.39 is 4.97 Å². The van der Waals surface area contributed by atoms with E-state index in [2.05, 4.69) is 30.9 Å². The summed E-state index contributed by atoms with van der Waals surface area (Å²) < 4.78 is 4.50. The van der Waals surface area contributed by atoms with Crippen molar-refractivity contribution in [1.82, 2.24) is 20.7 Å². The third kappa shape index (κ3) is 2.78. The van der Waals surface area contributed by atoms with Crippen LogP contribution in [0.3, 0.4) is 0 Å². The number of rotatable bonds is 3. The molecule has 66 valence electrons. The number of hydrogen-bond acceptors (Lipinski definition) is 6. The summed E-state index contributed by atoms with van der Waals surface area (Å²) in [5.74, 6) is 14.9. The molecule has 0 aliphatic carbocycles. The third-order valence-electron chi connectivity index (χ3n) is 0.627. The maximum atomic E-state index is 4.97. The summed E-state index contributed by atoms with van der Waals surface area (Å²) in [6, 6.07) is 0. The van der Waals surface area contributed by atoms with Gasteiger partial charge in [0.2, 0.25) is 0 Å². The SMILES string of the molecule is N[N+](N)(N)ONn1[nH][nH][nH]o1. The van der Waals surface area contributed by atoms with Crippen LogP contribution in [0.5, 0.6) is 0 Å². The number of hydrogen-bond donors (Lipinski definition) is 7. The van der Waals surface area contributed by atoms with E-state index >= 15 is 0 Å². The number of quaternary nitrogens is 1. The van der Waals surface area contributed by atoms with E-state index in [-0.39, 0.29) is 0 Å². The van der Waals surface area contributed by atoms with Crippen molar-refractivity contribution in [3.05, 3.63) is 0 Å². The normalized spacial score (nSPS) is 11.5. The Kier molecular flexibility index (Phi) is 1.88. The van der Waals surface area contributed by atoms with E-state index in [1.165, 1.54) is 0 Å². The molecule has 0 radical (unpaired) electrons. The first-order chi connectivity index (χ1) is 5.08. The predicted molar refractivity (Wildman–Crippen MR) is 30.6 cm³/mol. The monoisotopic (exact) mass is 168 g/mol. The molecule has 1 aromatic heterocycles. The average molecular weight is 168 g/mol. The Balaban J connectivity index is 2.35. The molecule has 11 heteroatoms. The molecular formula is H10N9O2+. The van der Waals surface area contributed by atoms with Crippen LogP contribution in [-0.2, 0) is 4.94 Å². The first-order valence-electron chi connectivity index (χ1n) is 2.50. The maximum absolute atomic E-state index is 4.97. The summed E-state index contributed by atoms with van der Waals surface area (Å²) >= 11 is 0. The third-order valence-corrected chi connectivity index (χ3v) is 0.627. The second kappa shape index (κ2) is 2.69. The summed E-state index contributed by atoms with van der Waals surface area (Å²) in [6.07, 6.45) is 0. The lowest BCUT2D eigenvalue weighted by molar-refractivity contribution is -1.13. The van der Waals surface area contributed by atoms with Crippen molar-refractivity contribution >= 4 is 0 Å². The fourth-order valence-electron chi connectivity index (χ4n) is 0.314. The maximum Gasteiger partial charge on any atom is 0.0624 e. The second-order valence-electron chi connectivity index (χ2n) is 1.67. The van der Waals surface area contributed by atoms with Crippen LogP contribution in [0.1, 0.15) is 0 Å². The molecule has 0 fully saturated rings. The van der Waals surface area contributed by atoms with Crippen LogP contribution in [0.25, 0.3) is 0 Å². The summed E-state index contributed by atoms with van der Waals surface area (Å²) in [4.78, 5) is 4.09. The van der Waals surface area contributed by atoms with Crippen LogP contribution in [0.4, 0.5) is 0 Å². The van der Waals surface area contributed by atoms with Crippen molar-refractivity contribution in [2.24, 2.45) is 17.5 Å². The highest BCUT2D eigenvalue weighted by Crippen LogP contribution is 1.74. The van der Waals surface area contributed by atoms with Gasteiger partial charge in [0.25, 0.3) is 0 Å².